The van der Waals surface area contributed by atoms with Crippen LogP contribution in [-0.4, -0.2) is 5.78 Å². The smallest absolute Gasteiger partial charge is 0.162 e. The maximum Gasteiger partial charge on any atom is 0.162 e. The minimum absolute atomic E-state index is 0.0328. The van der Waals surface area contributed by atoms with Gasteiger partial charge in [0.1, 0.15) is 23.1 Å². The number of rotatable bonds is 3. The van der Waals surface area contributed by atoms with Crippen molar-refractivity contribution in [2.24, 2.45) is 0 Å². The molecule has 18 heavy (non-hydrogen) atoms. The minimum Gasteiger partial charge on any atom is -0.457 e. The predicted octanol–water partition coefficient (Wildman–Crippen LogP) is 3.96. The van der Waals surface area contributed by atoms with Crippen molar-refractivity contribution in [3.63, 3.8) is 0 Å². The third-order valence-electron chi connectivity index (χ3n) is 2.37. The molecule has 0 heterocycles. The van der Waals surface area contributed by atoms with Gasteiger partial charge in [-0.2, -0.15) is 0 Å². The van der Waals surface area contributed by atoms with E-state index in [1.165, 1.54) is 43.3 Å². The van der Waals surface area contributed by atoms with Gasteiger partial charge in [-0.05, 0) is 49.4 Å². The van der Waals surface area contributed by atoms with Gasteiger partial charge in [0.15, 0.2) is 5.78 Å². The number of benzene rings is 2. The van der Waals surface area contributed by atoms with Gasteiger partial charge in [-0.25, -0.2) is 8.78 Å². The van der Waals surface area contributed by atoms with E-state index < -0.39 is 5.82 Å². The highest BCUT2D eigenvalue weighted by Crippen LogP contribution is 2.24. The number of carbonyl (C=O) groups is 1. The fourth-order valence-corrected chi connectivity index (χ4v) is 1.48. The predicted molar refractivity (Wildman–Crippen MR) is 62.9 cm³/mol. The largest absolute Gasteiger partial charge is 0.457 e. The van der Waals surface area contributed by atoms with Crippen molar-refractivity contribution in [3.05, 3.63) is 59.7 Å². The molecule has 0 aliphatic carbocycles. The number of hydrogen-bond acceptors (Lipinski definition) is 2. The summed E-state index contributed by atoms with van der Waals surface area (Å²) in [7, 11) is 0. The van der Waals surface area contributed by atoms with Crippen LogP contribution < -0.4 is 4.74 Å². The highest BCUT2D eigenvalue weighted by atomic mass is 19.1. The first-order valence-electron chi connectivity index (χ1n) is 5.30. The second-order valence-electron chi connectivity index (χ2n) is 3.75. The van der Waals surface area contributed by atoms with Gasteiger partial charge >= 0.3 is 0 Å². The summed E-state index contributed by atoms with van der Waals surface area (Å²) in [4.78, 5) is 11.2. The van der Waals surface area contributed by atoms with Crippen LogP contribution in [-0.2, 0) is 0 Å². The summed E-state index contributed by atoms with van der Waals surface area (Å²) >= 11 is 0. The molecule has 0 saturated heterocycles. The van der Waals surface area contributed by atoms with Crippen LogP contribution in [0, 0.1) is 11.6 Å². The van der Waals surface area contributed by atoms with Gasteiger partial charge in [-0.1, -0.05) is 0 Å². The lowest BCUT2D eigenvalue weighted by Gasteiger charge is -2.07. The molecule has 0 fully saturated rings. The molecule has 0 aliphatic rings. The van der Waals surface area contributed by atoms with Crippen LogP contribution in [0.15, 0.2) is 42.5 Å². The quantitative estimate of drug-likeness (QED) is 0.768. The molecule has 2 aromatic carbocycles. The van der Waals surface area contributed by atoms with Gasteiger partial charge in [0.2, 0.25) is 0 Å². The van der Waals surface area contributed by atoms with Crippen molar-refractivity contribution in [2.45, 2.75) is 6.92 Å². The molecule has 0 spiro atoms. The molecule has 0 unspecified atom stereocenters. The minimum atomic E-state index is -0.589. The Morgan fingerprint density at radius 3 is 2.22 bits per heavy atom. The molecule has 0 bridgehead atoms. The van der Waals surface area contributed by atoms with Crippen molar-refractivity contribution >= 4 is 5.78 Å². The van der Waals surface area contributed by atoms with Crippen molar-refractivity contribution in [1.29, 1.82) is 0 Å². The van der Waals surface area contributed by atoms with E-state index in [2.05, 4.69) is 0 Å². The highest BCUT2D eigenvalue weighted by molar-refractivity contribution is 5.94. The molecule has 92 valence electrons. The zero-order chi connectivity index (χ0) is 13.1. The third-order valence-corrected chi connectivity index (χ3v) is 2.37. The highest BCUT2D eigenvalue weighted by Gasteiger charge is 2.09. The first-order chi connectivity index (χ1) is 8.56. The van der Waals surface area contributed by atoms with Gasteiger partial charge in [-0.15, -0.1) is 0 Å². The molecular formula is C14H10F2O2. The van der Waals surface area contributed by atoms with Gasteiger partial charge < -0.3 is 4.74 Å². The van der Waals surface area contributed by atoms with Gasteiger partial charge in [0, 0.05) is 0 Å². The maximum atomic E-state index is 13.3. The van der Waals surface area contributed by atoms with Crippen molar-refractivity contribution in [1.82, 2.24) is 0 Å². The molecule has 2 rings (SSSR count). The van der Waals surface area contributed by atoms with E-state index in [-0.39, 0.29) is 17.2 Å². The molecule has 0 amide bonds. The zero-order valence-electron chi connectivity index (χ0n) is 9.61. The lowest BCUT2D eigenvalue weighted by molar-refractivity contribution is 0.101. The van der Waals surface area contributed by atoms with E-state index in [0.717, 1.165) is 6.07 Å². The SMILES string of the molecule is CC(=O)c1cc(Oc2ccc(F)cc2)ccc1F. The van der Waals surface area contributed by atoms with Crippen LogP contribution in [0.2, 0.25) is 0 Å². The van der Waals surface area contributed by atoms with E-state index in [0.29, 0.717) is 11.5 Å². The summed E-state index contributed by atoms with van der Waals surface area (Å²) in [5.41, 5.74) is -0.0328. The Morgan fingerprint density at radius 2 is 1.61 bits per heavy atom. The molecule has 0 aliphatic heterocycles. The fraction of sp³-hybridized carbons (Fsp3) is 0.0714. The first kappa shape index (κ1) is 12.2. The van der Waals surface area contributed by atoms with Gasteiger partial charge in [-0.3, -0.25) is 4.79 Å². The molecule has 0 aromatic heterocycles. The van der Waals surface area contributed by atoms with Crippen molar-refractivity contribution in [3.8, 4) is 11.5 Å². The molecular weight excluding hydrogens is 238 g/mol. The van der Waals surface area contributed by atoms with E-state index in [4.69, 9.17) is 4.74 Å². The Morgan fingerprint density at radius 1 is 1.00 bits per heavy atom. The fourth-order valence-electron chi connectivity index (χ4n) is 1.48. The van der Waals surface area contributed by atoms with Crippen LogP contribution in [0.5, 0.6) is 11.5 Å². The van der Waals surface area contributed by atoms with E-state index in [1.807, 2.05) is 0 Å². The number of hydrogen-bond donors (Lipinski definition) is 0. The van der Waals surface area contributed by atoms with Crippen LogP contribution >= 0.6 is 0 Å². The number of Topliss-reactive ketones (excluding diaryl/α,β-unsaturated/α-hetero) is 1. The Labute approximate surface area is 103 Å². The summed E-state index contributed by atoms with van der Waals surface area (Å²) < 4.78 is 31.4. The normalized spacial score (nSPS) is 10.2. The molecule has 2 aromatic rings. The topological polar surface area (TPSA) is 26.3 Å². The van der Waals surface area contributed by atoms with E-state index in [9.17, 15) is 13.6 Å². The average molecular weight is 248 g/mol. The van der Waals surface area contributed by atoms with Gasteiger partial charge in [0.25, 0.3) is 0 Å². The third kappa shape index (κ3) is 2.71. The van der Waals surface area contributed by atoms with Crippen LogP contribution in [0.1, 0.15) is 17.3 Å². The lowest BCUT2D eigenvalue weighted by atomic mass is 10.1. The molecule has 0 radical (unpaired) electrons. The average Bonchev–Trinajstić information content (AvgIpc) is 2.34. The molecule has 2 nitrogen and oxygen atoms in total. The van der Waals surface area contributed by atoms with Crippen molar-refractivity contribution < 1.29 is 18.3 Å². The number of carbonyl (C=O) groups excluding carboxylic acids is 1. The number of halogens is 2. The summed E-state index contributed by atoms with van der Waals surface area (Å²) in [6.45, 7) is 1.28. The number of ketones is 1. The Kier molecular flexibility index (Phi) is 3.37. The first-order valence-corrected chi connectivity index (χ1v) is 5.30. The summed E-state index contributed by atoms with van der Waals surface area (Å²) in [5, 5.41) is 0. The Balaban J connectivity index is 2.27. The maximum absolute atomic E-state index is 13.3. The summed E-state index contributed by atoms with van der Waals surface area (Å²) in [5.74, 6) is -0.595. The van der Waals surface area contributed by atoms with Crippen molar-refractivity contribution in [2.75, 3.05) is 0 Å². The zero-order valence-corrected chi connectivity index (χ0v) is 9.61. The van der Waals surface area contributed by atoms with Crippen LogP contribution in [0.4, 0.5) is 8.78 Å². The lowest BCUT2D eigenvalue weighted by Crippen LogP contribution is -1.97. The molecule has 4 heteroatoms. The van der Waals surface area contributed by atoms with Gasteiger partial charge in [0.05, 0.1) is 5.56 Å². The molecule has 0 atom stereocenters. The monoisotopic (exact) mass is 248 g/mol. The van der Waals surface area contributed by atoms with Crippen LogP contribution in [0.3, 0.4) is 0 Å². The standard InChI is InChI=1S/C14H10F2O2/c1-9(17)13-8-12(6-7-14(13)16)18-11-4-2-10(15)3-5-11/h2-8H,1H3. The Bertz CT molecular complexity index is 577. The van der Waals surface area contributed by atoms with E-state index >= 15 is 0 Å². The molecule has 0 N–H and O–H groups in total. The summed E-state index contributed by atoms with van der Waals surface area (Å²) in [6.07, 6.45) is 0. The van der Waals surface area contributed by atoms with E-state index in [1.54, 1.807) is 0 Å². The molecule has 0 saturated carbocycles. The summed E-state index contributed by atoms with van der Waals surface area (Å²) in [6, 6.07) is 9.30. The second kappa shape index (κ2) is 4.96. The Hall–Kier alpha value is -2.23. The van der Waals surface area contributed by atoms with Crippen LogP contribution in [0.25, 0.3) is 0 Å². The number of ether oxygens (including phenoxy) is 1. The second-order valence-corrected chi connectivity index (χ2v) is 3.75.